The molecule has 2 rings (SSSR count). The van der Waals surface area contributed by atoms with Crippen molar-refractivity contribution in [1.29, 1.82) is 0 Å². The summed E-state index contributed by atoms with van der Waals surface area (Å²) in [6.07, 6.45) is 0. The molecule has 2 aromatic rings. The van der Waals surface area contributed by atoms with Crippen LogP contribution in [0.5, 0.6) is 0 Å². The summed E-state index contributed by atoms with van der Waals surface area (Å²) in [4.78, 5) is 6.27. The number of hydrogen-bond acceptors (Lipinski definition) is 3. The number of hydrogen-bond donors (Lipinski definition) is 1. The summed E-state index contributed by atoms with van der Waals surface area (Å²) < 4.78 is 0. The van der Waals surface area contributed by atoms with Crippen LogP contribution in [-0.2, 0) is 0 Å². The third kappa shape index (κ3) is 3.11. The van der Waals surface area contributed by atoms with Crippen molar-refractivity contribution in [2.45, 2.75) is 13.0 Å². The summed E-state index contributed by atoms with van der Waals surface area (Å²) in [5.74, 6) is 0.720. The normalized spacial score (nSPS) is 12.2. The second-order valence-electron chi connectivity index (χ2n) is 4.39. The van der Waals surface area contributed by atoms with Gasteiger partial charge in [0, 0.05) is 23.8 Å². The largest absolute Gasteiger partial charge is 0.399 e. The van der Waals surface area contributed by atoms with Gasteiger partial charge >= 0.3 is 0 Å². The summed E-state index contributed by atoms with van der Waals surface area (Å²) in [7, 11) is 1.94. The monoisotopic (exact) mass is 295 g/mol. The molecular weight excluding hydrogens is 281 g/mol. The van der Waals surface area contributed by atoms with Crippen molar-refractivity contribution in [3.63, 3.8) is 0 Å². The Bertz CT molecular complexity index is 566. The van der Waals surface area contributed by atoms with Crippen LogP contribution in [-0.4, -0.2) is 12.0 Å². The average Bonchev–Trinajstić information content (AvgIpc) is 2.36. The van der Waals surface area contributed by atoms with E-state index in [2.05, 4.69) is 11.9 Å². The van der Waals surface area contributed by atoms with Crippen LogP contribution in [0.3, 0.4) is 0 Å². The zero-order chi connectivity index (χ0) is 14.0. The van der Waals surface area contributed by atoms with E-state index in [0.717, 1.165) is 16.4 Å². The van der Waals surface area contributed by atoms with E-state index in [9.17, 15) is 0 Å². The number of pyridine rings is 1. The molecule has 1 unspecified atom stereocenters. The van der Waals surface area contributed by atoms with Crippen molar-refractivity contribution < 1.29 is 0 Å². The summed E-state index contributed by atoms with van der Waals surface area (Å²) in [5, 5.41) is 1.12. The minimum Gasteiger partial charge on any atom is -0.399 e. The second-order valence-corrected chi connectivity index (χ2v) is 5.18. The van der Waals surface area contributed by atoms with Gasteiger partial charge in [-0.2, -0.15) is 0 Å². The van der Waals surface area contributed by atoms with Crippen LogP contribution < -0.4 is 10.6 Å². The van der Waals surface area contributed by atoms with Gasteiger partial charge in [-0.05, 0) is 24.6 Å². The predicted molar refractivity (Wildman–Crippen MR) is 81.9 cm³/mol. The SMILES string of the molecule is CC(c1ccccc1Cl)N(C)c1cc(N)cc(Cl)n1. The molecule has 0 spiro atoms. The molecule has 1 atom stereocenters. The summed E-state index contributed by atoms with van der Waals surface area (Å²) in [6, 6.07) is 11.2. The van der Waals surface area contributed by atoms with Gasteiger partial charge in [-0.15, -0.1) is 0 Å². The molecular formula is C14H15Cl2N3. The first kappa shape index (κ1) is 14.0. The third-order valence-electron chi connectivity index (χ3n) is 3.10. The quantitative estimate of drug-likeness (QED) is 0.864. The number of anilines is 2. The first-order chi connectivity index (χ1) is 8.99. The number of nitrogens with two attached hydrogens (primary N) is 1. The van der Waals surface area contributed by atoms with E-state index in [0.29, 0.717) is 10.8 Å². The van der Waals surface area contributed by atoms with Crippen molar-refractivity contribution in [3.05, 3.63) is 52.1 Å². The highest BCUT2D eigenvalue weighted by Crippen LogP contribution is 2.30. The summed E-state index contributed by atoms with van der Waals surface area (Å²) >= 11 is 12.1. The molecule has 0 saturated carbocycles. The molecule has 0 amide bonds. The van der Waals surface area contributed by atoms with E-state index >= 15 is 0 Å². The zero-order valence-electron chi connectivity index (χ0n) is 10.8. The maximum absolute atomic E-state index is 6.22. The lowest BCUT2D eigenvalue weighted by molar-refractivity contribution is 0.729. The van der Waals surface area contributed by atoms with E-state index in [4.69, 9.17) is 28.9 Å². The number of rotatable bonds is 3. The van der Waals surface area contributed by atoms with Gasteiger partial charge < -0.3 is 10.6 Å². The minimum absolute atomic E-state index is 0.0686. The highest BCUT2D eigenvalue weighted by Gasteiger charge is 2.16. The standard InChI is InChI=1S/C14H15Cl2N3/c1-9(11-5-3-4-6-12(11)15)19(2)14-8-10(17)7-13(16)18-14/h3-9H,1-2H3,(H2,17,18). The lowest BCUT2D eigenvalue weighted by Crippen LogP contribution is -2.23. The Labute approximate surface area is 123 Å². The van der Waals surface area contributed by atoms with Gasteiger partial charge in [0.15, 0.2) is 0 Å². The van der Waals surface area contributed by atoms with Gasteiger partial charge in [0.25, 0.3) is 0 Å². The fraction of sp³-hybridized carbons (Fsp3) is 0.214. The topological polar surface area (TPSA) is 42.1 Å². The Morgan fingerprint density at radius 2 is 1.89 bits per heavy atom. The number of aromatic nitrogens is 1. The molecule has 0 aliphatic heterocycles. The van der Waals surface area contributed by atoms with Crippen molar-refractivity contribution >= 4 is 34.7 Å². The van der Waals surface area contributed by atoms with E-state index in [1.807, 2.05) is 36.2 Å². The van der Waals surface area contributed by atoms with Crippen LogP contribution in [0, 0.1) is 0 Å². The number of halogens is 2. The molecule has 0 saturated heterocycles. The molecule has 0 fully saturated rings. The van der Waals surface area contributed by atoms with Gasteiger partial charge in [-0.1, -0.05) is 41.4 Å². The van der Waals surface area contributed by atoms with E-state index in [1.165, 1.54) is 0 Å². The summed E-state index contributed by atoms with van der Waals surface area (Å²) in [6.45, 7) is 2.06. The van der Waals surface area contributed by atoms with Crippen LogP contribution >= 0.6 is 23.2 Å². The fourth-order valence-electron chi connectivity index (χ4n) is 1.90. The van der Waals surface area contributed by atoms with Gasteiger partial charge in [-0.25, -0.2) is 4.98 Å². The maximum atomic E-state index is 6.22. The Kier molecular flexibility index (Phi) is 4.17. The number of nitrogens with zero attached hydrogens (tertiary/aromatic N) is 2. The predicted octanol–water partition coefficient (Wildman–Crippen LogP) is 4.17. The highest BCUT2D eigenvalue weighted by atomic mass is 35.5. The van der Waals surface area contributed by atoms with Gasteiger partial charge in [0.2, 0.25) is 0 Å². The van der Waals surface area contributed by atoms with E-state index in [-0.39, 0.29) is 6.04 Å². The Morgan fingerprint density at radius 1 is 1.21 bits per heavy atom. The van der Waals surface area contributed by atoms with Gasteiger partial charge in [-0.3, -0.25) is 0 Å². The molecule has 19 heavy (non-hydrogen) atoms. The Hall–Kier alpha value is -1.45. The van der Waals surface area contributed by atoms with Crippen molar-refractivity contribution in [2.24, 2.45) is 0 Å². The molecule has 0 aliphatic rings. The van der Waals surface area contributed by atoms with Crippen molar-refractivity contribution in [1.82, 2.24) is 4.98 Å². The van der Waals surface area contributed by atoms with Gasteiger partial charge in [0.1, 0.15) is 11.0 Å². The van der Waals surface area contributed by atoms with Crippen LogP contribution in [0.4, 0.5) is 11.5 Å². The molecule has 1 heterocycles. The lowest BCUT2D eigenvalue weighted by Gasteiger charge is -2.27. The van der Waals surface area contributed by atoms with E-state index < -0.39 is 0 Å². The maximum Gasteiger partial charge on any atom is 0.133 e. The van der Waals surface area contributed by atoms with Gasteiger partial charge in [0.05, 0.1) is 6.04 Å². The molecule has 100 valence electrons. The number of benzene rings is 1. The van der Waals surface area contributed by atoms with Crippen LogP contribution in [0.1, 0.15) is 18.5 Å². The second kappa shape index (κ2) is 5.68. The first-order valence-electron chi connectivity index (χ1n) is 5.89. The highest BCUT2D eigenvalue weighted by molar-refractivity contribution is 6.31. The Balaban J connectivity index is 2.33. The minimum atomic E-state index is 0.0686. The lowest BCUT2D eigenvalue weighted by atomic mass is 10.1. The van der Waals surface area contributed by atoms with Crippen molar-refractivity contribution in [2.75, 3.05) is 17.7 Å². The third-order valence-corrected chi connectivity index (χ3v) is 3.64. The van der Waals surface area contributed by atoms with Crippen LogP contribution in [0.25, 0.3) is 0 Å². The fourth-order valence-corrected chi connectivity index (χ4v) is 2.41. The number of nitrogen functional groups attached to an aromatic ring is 1. The molecule has 0 aliphatic carbocycles. The molecule has 5 heteroatoms. The Morgan fingerprint density at radius 3 is 2.53 bits per heavy atom. The zero-order valence-corrected chi connectivity index (χ0v) is 12.3. The molecule has 0 bridgehead atoms. The summed E-state index contributed by atoms with van der Waals surface area (Å²) in [5.41, 5.74) is 7.41. The molecule has 3 nitrogen and oxygen atoms in total. The average molecular weight is 296 g/mol. The first-order valence-corrected chi connectivity index (χ1v) is 6.65. The van der Waals surface area contributed by atoms with Crippen molar-refractivity contribution in [3.8, 4) is 0 Å². The molecule has 0 radical (unpaired) electrons. The van der Waals surface area contributed by atoms with Crippen LogP contribution in [0.2, 0.25) is 10.2 Å². The molecule has 1 aromatic heterocycles. The van der Waals surface area contributed by atoms with Crippen LogP contribution in [0.15, 0.2) is 36.4 Å². The smallest absolute Gasteiger partial charge is 0.133 e. The van der Waals surface area contributed by atoms with E-state index in [1.54, 1.807) is 12.1 Å². The molecule has 1 aromatic carbocycles. The molecule has 2 N–H and O–H groups in total.